The topological polar surface area (TPSA) is 40.6 Å². The molecule has 1 saturated heterocycles. The fraction of sp³-hybridized carbons (Fsp3) is 0.391. The van der Waals surface area contributed by atoms with Gasteiger partial charge in [0.1, 0.15) is 0 Å². The highest BCUT2D eigenvalue weighted by molar-refractivity contribution is 8.00. The van der Waals surface area contributed by atoms with Crippen molar-refractivity contribution in [2.45, 2.75) is 31.1 Å². The van der Waals surface area contributed by atoms with Crippen molar-refractivity contribution in [3.63, 3.8) is 0 Å². The molecule has 2 aromatic carbocycles. The maximum atomic E-state index is 12.5. The molecule has 1 aliphatic rings. The molecule has 0 radical (unpaired) electrons. The summed E-state index contributed by atoms with van der Waals surface area (Å²) in [5, 5.41) is 0.724. The summed E-state index contributed by atoms with van der Waals surface area (Å²) in [4.78, 5) is 29.8. The van der Waals surface area contributed by atoms with Crippen LogP contribution in [0, 0.1) is 6.92 Å². The SMILES string of the molecule is Cc1c(Cl)cccc1SCC(=O)N1CCN(C(=O)CCCc2ccccc2)CC1. The van der Waals surface area contributed by atoms with Gasteiger partial charge in [0.15, 0.2) is 0 Å². The van der Waals surface area contributed by atoms with Crippen molar-refractivity contribution in [3.05, 3.63) is 64.7 Å². The molecule has 2 amide bonds. The van der Waals surface area contributed by atoms with Crippen LogP contribution in [0.25, 0.3) is 0 Å². The Morgan fingerprint density at radius 1 is 0.931 bits per heavy atom. The van der Waals surface area contributed by atoms with Crippen LogP contribution >= 0.6 is 23.4 Å². The quantitative estimate of drug-likeness (QED) is 0.610. The van der Waals surface area contributed by atoms with Gasteiger partial charge in [0.05, 0.1) is 5.75 Å². The van der Waals surface area contributed by atoms with E-state index in [2.05, 4.69) is 12.1 Å². The van der Waals surface area contributed by atoms with Crippen molar-refractivity contribution < 1.29 is 9.59 Å². The van der Waals surface area contributed by atoms with Crippen molar-refractivity contribution in [1.82, 2.24) is 9.80 Å². The second-order valence-corrected chi connectivity index (χ2v) is 8.68. The highest BCUT2D eigenvalue weighted by Crippen LogP contribution is 2.27. The molecule has 0 aliphatic carbocycles. The van der Waals surface area contributed by atoms with Crippen LogP contribution in [0.2, 0.25) is 5.02 Å². The molecule has 0 atom stereocenters. The van der Waals surface area contributed by atoms with E-state index in [-0.39, 0.29) is 11.8 Å². The average Bonchev–Trinajstić information content (AvgIpc) is 2.75. The van der Waals surface area contributed by atoms with Crippen LogP contribution in [0.3, 0.4) is 0 Å². The van der Waals surface area contributed by atoms with E-state index in [1.807, 2.05) is 53.1 Å². The van der Waals surface area contributed by atoms with E-state index < -0.39 is 0 Å². The number of carbonyl (C=O) groups is 2. The average molecular weight is 431 g/mol. The summed E-state index contributed by atoms with van der Waals surface area (Å²) in [6, 6.07) is 16.0. The number of carbonyl (C=O) groups excluding carboxylic acids is 2. The normalized spacial score (nSPS) is 14.1. The molecule has 0 aromatic heterocycles. The lowest BCUT2D eigenvalue weighted by atomic mass is 10.1. The van der Waals surface area contributed by atoms with Crippen molar-refractivity contribution >= 4 is 35.2 Å². The highest BCUT2D eigenvalue weighted by Gasteiger charge is 2.23. The van der Waals surface area contributed by atoms with E-state index >= 15 is 0 Å². The number of nitrogens with zero attached hydrogens (tertiary/aromatic N) is 2. The predicted molar refractivity (Wildman–Crippen MR) is 119 cm³/mol. The number of benzene rings is 2. The summed E-state index contributed by atoms with van der Waals surface area (Å²) in [5.74, 6) is 0.703. The minimum atomic E-state index is 0.116. The number of thioether (sulfide) groups is 1. The molecule has 0 unspecified atom stereocenters. The van der Waals surface area contributed by atoms with Gasteiger partial charge < -0.3 is 9.80 Å². The molecule has 3 rings (SSSR count). The van der Waals surface area contributed by atoms with Crippen molar-refractivity contribution in [3.8, 4) is 0 Å². The van der Waals surface area contributed by atoms with Crippen LogP contribution in [0.15, 0.2) is 53.4 Å². The van der Waals surface area contributed by atoms with Crippen LogP contribution < -0.4 is 0 Å². The summed E-state index contributed by atoms with van der Waals surface area (Å²) in [7, 11) is 0. The molecule has 1 fully saturated rings. The van der Waals surface area contributed by atoms with Gasteiger partial charge in [-0.3, -0.25) is 9.59 Å². The predicted octanol–water partition coefficient (Wildman–Crippen LogP) is 4.43. The molecular weight excluding hydrogens is 404 g/mol. The van der Waals surface area contributed by atoms with Crippen LogP contribution in [0.1, 0.15) is 24.0 Å². The molecule has 29 heavy (non-hydrogen) atoms. The minimum Gasteiger partial charge on any atom is -0.339 e. The van der Waals surface area contributed by atoms with Gasteiger partial charge in [-0.2, -0.15) is 0 Å². The number of hydrogen-bond acceptors (Lipinski definition) is 3. The molecule has 1 aliphatic heterocycles. The van der Waals surface area contributed by atoms with E-state index in [0.29, 0.717) is 38.4 Å². The number of rotatable bonds is 7. The smallest absolute Gasteiger partial charge is 0.233 e. The lowest BCUT2D eigenvalue weighted by Gasteiger charge is -2.35. The highest BCUT2D eigenvalue weighted by atomic mass is 35.5. The Bertz CT molecular complexity index is 836. The third kappa shape index (κ3) is 6.25. The fourth-order valence-electron chi connectivity index (χ4n) is 3.43. The summed E-state index contributed by atoms with van der Waals surface area (Å²) >= 11 is 7.67. The lowest BCUT2D eigenvalue weighted by molar-refractivity contribution is -0.138. The Morgan fingerprint density at radius 2 is 1.59 bits per heavy atom. The molecule has 0 bridgehead atoms. The van der Waals surface area contributed by atoms with Crippen molar-refractivity contribution in [2.24, 2.45) is 0 Å². The maximum Gasteiger partial charge on any atom is 0.233 e. The van der Waals surface area contributed by atoms with Crippen molar-refractivity contribution in [1.29, 1.82) is 0 Å². The minimum absolute atomic E-state index is 0.116. The third-order valence-corrected chi connectivity index (χ3v) is 6.81. The van der Waals surface area contributed by atoms with Gasteiger partial charge in [0.2, 0.25) is 11.8 Å². The first kappa shape index (κ1) is 21.7. The molecule has 6 heteroatoms. The molecule has 0 N–H and O–H groups in total. The van der Waals surface area contributed by atoms with Gasteiger partial charge in [-0.05, 0) is 43.0 Å². The molecule has 0 saturated carbocycles. The van der Waals surface area contributed by atoms with Crippen LogP contribution in [-0.4, -0.2) is 53.5 Å². The third-order valence-electron chi connectivity index (χ3n) is 5.25. The monoisotopic (exact) mass is 430 g/mol. The van der Waals surface area contributed by atoms with Gasteiger partial charge in [0, 0.05) is 42.5 Å². The number of halogens is 1. The fourth-order valence-corrected chi connectivity index (χ4v) is 4.62. The number of hydrogen-bond donors (Lipinski definition) is 0. The summed E-state index contributed by atoms with van der Waals surface area (Å²) < 4.78 is 0. The first-order chi connectivity index (χ1) is 14.0. The van der Waals surface area contributed by atoms with Crippen LogP contribution in [0.4, 0.5) is 0 Å². The van der Waals surface area contributed by atoms with Gasteiger partial charge in [-0.15, -0.1) is 11.8 Å². The molecule has 154 valence electrons. The Morgan fingerprint density at radius 3 is 2.28 bits per heavy atom. The Balaban J connectivity index is 1.38. The Hall–Kier alpha value is -1.98. The van der Waals surface area contributed by atoms with Gasteiger partial charge in [-0.1, -0.05) is 48.0 Å². The summed E-state index contributed by atoms with van der Waals surface area (Å²) in [5.41, 5.74) is 2.28. The largest absolute Gasteiger partial charge is 0.339 e. The van der Waals surface area contributed by atoms with Crippen LogP contribution in [0.5, 0.6) is 0 Å². The number of amides is 2. The van der Waals surface area contributed by atoms with Gasteiger partial charge in [0.25, 0.3) is 0 Å². The number of piperazine rings is 1. The number of aryl methyl sites for hydroxylation is 1. The van der Waals surface area contributed by atoms with Crippen molar-refractivity contribution in [2.75, 3.05) is 31.9 Å². The first-order valence-corrected chi connectivity index (χ1v) is 11.4. The summed E-state index contributed by atoms with van der Waals surface area (Å²) in [6.07, 6.45) is 2.34. The zero-order chi connectivity index (χ0) is 20.6. The van der Waals surface area contributed by atoms with E-state index in [0.717, 1.165) is 28.3 Å². The second kappa shape index (κ2) is 10.7. The zero-order valence-electron chi connectivity index (χ0n) is 16.8. The molecular formula is C23H27ClN2O2S. The second-order valence-electron chi connectivity index (χ2n) is 7.25. The Kier molecular flexibility index (Phi) is 8.01. The summed E-state index contributed by atoms with van der Waals surface area (Å²) in [6.45, 7) is 4.43. The van der Waals surface area contributed by atoms with E-state index in [9.17, 15) is 9.59 Å². The first-order valence-electron chi connectivity index (χ1n) is 10.0. The molecule has 4 nitrogen and oxygen atoms in total. The van der Waals surface area contributed by atoms with E-state index in [1.54, 1.807) is 0 Å². The zero-order valence-corrected chi connectivity index (χ0v) is 18.3. The van der Waals surface area contributed by atoms with E-state index in [4.69, 9.17) is 11.6 Å². The van der Waals surface area contributed by atoms with E-state index in [1.165, 1.54) is 17.3 Å². The van der Waals surface area contributed by atoms with Gasteiger partial charge in [-0.25, -0.2) is 0 Å². The Labute approximate surface area is 182 Å². The lowest BCUT2D eigenvalue weighted by Crippen LogP contribution is -2.51. The standard InChI is InChI=1S/C23H27ClN2O2S/c1-18-20(24)10-6-11-21(18)29-17-23(28)26-15-13-25(14-16-26)22(27)12-5-9-19-7-3-2-4-8-19/h2-4,6-8,10-11H,5,9,12-17H2,1H3. The molecule has 2 aromatic rings. The molecule has 0 spiro atoms. The maximum absolute atomic E-state index is 12.5. The van der Waals surface area contributed by atoms with Crippen LogP contribution in [-0.2, 0) is 16.0 Å². The van der Waals surface area contributed by atoms with Gasteiger partial charge >= 0.3 is 0 Å². The molecule has 1 heterocycles.